The fourth-order valence-electron chi connectivity index (χ4n) is 2.14. The maximum absolute atomic E-state index is 13.0. The third-order valence-electron chi connectivity index (χ3n) is 3.11. The second-order valence-electron chi connectivity index (χ2n) is 4.61. The zero-order chi connectivity index (χ0) is 13.2. The highest BCUT2D eigenvalue weighted by Crippen LogP contribution is 2.21. The van der Waals surface area contributed by atoms with E-state index in [1.165, 1.54) is 17.7 Å². The van der Waals surface area contributed by atoms with Gasteiger partial charge in [-0.05, 0) is 30.7 Å². The molecule has 0 aliphatic rings. The number of aryl methyl sites for hydroxylation is 1. The van der Waals surface area contributed by atoms with E-state index < -0.39 is 0 Å². The Labute approximate surface area is 110 Å². The van der Waals surface area contributed by atoms with Crippen LogP contribution in [0.5, 0.6) is 5.75 Å². The van der Waals surface area contributed by atoms with Crippen LogP contribution in [0.1, 0.15) is 11.1 Å². The lowest BCUT2D eigenvalue weighted by molar-refractivity contribution is 0.306. The third-order valence-corrected chi connectivity index (χ3v) is 3.11. The molecule has 1 N–H and O–H groups in total. The number of hydrogen-bond acceptors (Lipinski definition) is 1. The number of nitrogens with one attached hydrogen (secondary N) is 1. The number of aromatic nitrogens is 1. The Morgan fingerprint density at radius 1 is 1.16 bits per heavy atom. The SMILES string of the molecule is Cc1ccc2c(COc3cccc(F)c3)c[nH]c2c1. The van der Waals surface area contributed by atoms with Crippen molar-refractivity contribution in [3.63, 3.8) is 0 Å². The molecule has 0 aliphatic carbocycles. The van der Waals surface area contributed by atoms with Crippen LogP contribution in [-0.4, -0.2) is 4.98 Å². The highest BCUT2D eigenvalue weighted by Gasteiger charge is 2.05. The summed E-state index contributed by atoms with van der Waals surface area (Å²) in [6, 6.07) is 12.4. The molecule has 0 spiro atoms. The van der Waals surface area contributed by atoms with Crippen LogP contribution < -0.4 is 4.74 Å². The van der Waals surface area contributed by atoms with E-state index in [1.807, 2.05) is 6.20 Å². The van der Waals surface area contributed by atoms with Crippen LogP contribution in [0, 0.1) is 12.7 Å². The lowest BCUT2D eigenvalue weighted by Crippen LogP contribution is -1.94. The van der Waals surface area contributed by atoms with Crippen molar-refractivity contribution in [2.75, 3.05) is 0 Å². The second-order valence-corrected chi connectivity index (χ2v) is 4.61. The zero-order valence-corrected chi connectivity index (χ0v) is 10.6. The van der Waals surface area contributed by atoms with Gasteiger partial charge in [0.2, 0.25) is 0 Å². The minimum absolute atomic E-state index is 0.285. The van der Waals surface area contributed by atoms with Crippen LogP contribution in [-0.2, 0) is 6.61 Å². The minimum Gasteiger partial charge on any atom is -0.489 e. The quantitative estimate of drug-likeness (QED) is 0.745. The number of hydrogen-bond donors (Lipinski definition) is 1. The predicted octanol–water partition coefficient (Wildman–Crippen LogP) is 4.19. The normalized spacial score (nSPS) is 10.8. The van der Waals surface area contributed by atoms with Gasteiger partial charge in [-0.25, -0.2) is 4.39 Å². The standard InChI is InChI=1S/C16H14FNO/c1-11-5-6-15-12(9-18-16(15)7-11)10-19-14-4-2-3-13(17)8-14/h2-9,18H,10H2,1H3. The highest BCUT2D eigenvalue weighted by atomic mass is 19.1. The van der Waals surface area contributed by atoms with Gasteiger partial charge in [0.05, 0.1) is 0 Å². The molecule has 0 radical (unpaired) electrons. The molecule has 0 fully saturated rings. The molecule has 2 aromatic carbocycles. The van der Waals surface area contributed by atoms with Crippen molar-refractivity contribution < 1.29 is 9.13 Å². The molecule has 0 atom stereocenters. The maximum Gasteiger partial charge on any atom is 0.126 e. The van der Waals surface area contributed by atoms with E-state index in [0.29, 0.717) is 12.4 Å². The summed E-state index contributed by atoms with van der Waals surface area (Å²) in [4.78, 5) is 3.22. The molecule has 19 heavy (non-hydrogen) atoms. The molecule has 1 heterocycles. The molecule has 2 nitrogen and oxygen atoms in total. The Kier molecular flexibility index (Phi) is 2.95. The molecule has 0 amide bonds. The average Bonchev–Trinajstić information content (AvgIpc) is 2.78. The van der Waals surface area contributed by atoms with Gasteiger partial charge in [-0.1, -0.05) is 18.2 Å². The molecular formula is C16H14FNO. The van der Waals surface area contributed by atoms with Crippen LogP contribution in [0.15, 0.2) is 48.7 Å². The number of ether oxygens (including phenoxy) is 1. The maximum atomic E-state index is 13.0. The minimum atomic E-state index is -0.285. The first kappa shape index (κ1) is 11.8. The number of H-pyrrole nitrogens is 1. The van der Waals surface area contributed by atoms with E-state index in [-0.39, 0.29) is 5.82 Å². The Hall–Kier alpha value is -2.29. The lowest BCUT2D eigenvalue weighted by atomic mass is 10.1. The lowest BCUT2D eigenvalue weighted by Gasteiger charge is -2.05. The van der Waals surface area contributed by atoms with Gasteiger partial charge in [0.1, 0.15) is 18.2 Å². The summed E-state index contributed by atoms with van der Waals surface area (Å²) in [5, 5.41) is 1.14. The van der Waals surface area contributed by atoms with Crippen LogP contribution >= 0.6 is 0 Å². The molecule has 3 heteroatoms. The van der Waals surface area contributed by atoms with Gasteiger partial charge < -0.3 is 9.72 Å². The van der Waals surface area contributed by atoms with Crippen molar-refractivity contribution in [3.05, 3.63) is 65.6 Å². The van der Waals surface area contributed by atoms with Gasteiger partial charge in [0, 0.05) is 28.7 Å². The van der Waals surface area contributed by atoms with E-state index in [1.54, 1.807) is 12.1 Å². The number of rotatable bonds is 3. The van der Waals surface area contributed by atoms with Crippen molar-refractivity contribution in [1.29, 1.82) is 0 Å². The van der Waals surface area contributed by atoms with Gasteiger partial charge in [0.25, 0.3) is 0 Å². The number of fused-ring (bicyclic) bond motifs is 1. The van der Waals surface area contributed by atoms with Crippen LogP contribution in [0.3, 0.4) is 0 Å². The molecule has 96 valence electrons. The number of halogens is 1. The summed E-state index contributed by atoms with van der Waals surface area (Å²) in [6.45, 7) is 2.48. The van der Waals surface area contributed by atoms with E-state index in [4.69, 9.17) is 4.74 Å². The van der Waals surface area contributed by atoms with Crippen molar-refractivity contribution in [2.24, 2.45) is 0 Å². The van der Waals surface area contributed by atoms with E-state index in [9.17, 15) is 4.39 Å². The first-order valence-electron chi connectivity index (χ1n) is 6.17. The highest BCUT2D eigenvalue weighted by molar-refractivity contribution is 5.83. The van der Waals surface area contributed by atoms with Gasteiger partial charge in [-0.3, -0.25) is 0 Å². The van der Waals surface area contributed by atoms with Crippen molar-refractivity contribution in [3.8, 4) is 5.75 Å². The third kappa shape index (κ3) is 2.45. The van der Waals surface area contributed by atoms with E-state index in [2.05, 4.69) is 30.1 Å². The average molecular weight is 255 g/mol. The molecular weight excluding hydrogens is 241 g/mol. The molecule has 3 rings (SSSR count). The molecule has 0 saturated carbocycles. The van der Waals surface area contributed by atoms with Crippen LogP contribution in [0.4, 0.5) is 4.39 Å². The Balaban J connectivity index is 1.82. The summed E-state index contributed by atoms with van der Waals surface area (Å²) in [5.74, 6) is 0.258. The molecule has 3 aromatic rings. The summed E-state index contributed by atoms with van der Waals surface area (Å²) in [6.07, 6.45) is 1.93. The molecule has 0 saturated heterocycles. The van der Waals surface area contributed by atoms with Crippen molar-refractivity contribution in [1.82, 2.24) is 4.98 Å². The molecule has 0 bridgehead atoms. The van der Waals surface area contributed by atoms with Crippen molar-refractivity contribution in [2.45, 2.75) is 13.5 Å². The monoisotopic (exact) mass is 255 g/mol. The number of benzene rings is 2. The summed E-state index contributed by atoms with van der Waals surface area (Å²) in [5.41, 5.74) is 3.38. The molecule has 1 aromatic heterocycles. The topological polar surface area (TPSA) is 25.0 Å². The number of aromatic amines is 1. The predicted molar refractivity (Wildman–Crippen MR) is 73.8 cm³/mol. The van der Waals surface area contributed by atoms with Gasteiger partial charge in [-0.2, -0.15) is 0 Å². The molecule has 0 unspecified atom stereocenters. The smallest absolute Gasteiger partial charge is 0.126 e. The van der Waals surface area contributed by atoms with Crippen LogP contribution in [0.2, 0.25) is 0 Å². The first-order chi connectivity index (χ1) is 9.22. The molecule has 0 aliphatic heterocycles. The fourth-order valence-corrected chi connectivity index (χ4v) is 2.14. The van der Waals surface area contributed by atoms with Gasteiger partial charge >= 0.3 is 0 Å². The first-order valence-corrected chi connectivity index (χ1v) is 6.17. The Morgan fingerprint density at radius 3 is 2.89 bits per heavy atom. The summed E-state index contributed by atoms with van der Waals surface area (Å²) >= 11 is 0. The van der Waals surface area contributed by atoms with Gasteiger partial charge in [0.15, 0.2) is 0 Å². The fraction of sp³-hybridized carbons (Fsp3) is 0.125. The zero-order valence-electron chi connectivity index (χ0n) is 10.6. The summed E-state index contributed by atoms with van der Waals surface area (Å²) in [7, 11) is 0. The Morgan fingerprint density at radius 2 is 2.05 bits per heavy atom. The summed E-state index contributed by atoms with van der Waals surface area (Å²) < 4.78 is 18.7. The Bertz CT molecular complexity index is 718. The van der Waals surface area contributed by atoms with Crippen LogP contribution in [0.25, 0.3) is 10.9 Å². The second kappa shape index (κ2) is 4.76. The van der Waals surface area contributed by atoms with Gasteiger partial charge in [-0.15, -0.1) is 0 Å². The van der Waals surface area contributed by atoms with Crippen molar-refractivity contribution >= 4 is 10.9 Å². The largest absolute Gasteiger partial charge is 0.489 e. The van der Waals surface area contributed by atoms with E-state index >= 15 is 0 Å². The van der Waals surface area contributed by atoms with E-state index in [0.717, 1.165) is 16.5 Å².